The average molecular weight is 541 g/mol. The fourth-order valence-electron chi connectivity index (χ4n) is 3.31. The van der Waals surface area contributed by atoms with Crippen LogP contribution in [0.3, 0.4) is 0 Å². The first-order valence-corrected chi connectivity index (χ1v) is 11.7. The number of rotatable bonds is 9. The summed E-state index contributed by atoms with van der Waals surface area (Å²) in [7, 11) is 0. The quantitative estimate of drug-likeness (QED) is 0.144. The molecular weight excluding hydrogens is 508 g/mol. The highest BCUT2D eigenvalue weighted by molar-refractivity contribution is 5.84. The van der Waals surface area contributed by atoms with E-state index < -0.39 is 36.0 Å². The lowest BCUT2D eigenvalue weighted by Gasteiger charge is -2.05. The monoisotopic (exact) mass is 540 g/mol. The van der Waals surface area contributed by atoms with Crippen LogP contribution in [0.15, 0.2) is 67.3 Å². The van der Waals surface area contributed by atoms with Crippen molar-refractivity contribution in [3.8, 4) is 5.75 Å². The number of carbonyl (C=O) groups is 3. The van der Waals surface area contributed by atoms with Gasteiger partial charge in [-0.1, -0.05) is 30.3 Å². The fourth-order valence-corrected chi connectivity index (χ4v) is 3.31. The summed E-state index contributed by atoms with van der Waals surface area (Å²) in [5.74, 6) is -2.84. The molecule has 0 aliphatic rings. The summed E-state index contributed by atoms with van der Waals surface area (Å²) in [4.78, 5) is 40.9. The van der Waals surface area contributed by atoms with E-state index in [0.29, 0.717) is 12.1 Å². The molecule has 4 aromatic rings. The summed E-state index contributed by atoms with van der Waals surface area (Å²) in [6.07, 6.45) is 5.81. The Morgan fingerprint density at radius 3 is 1.90 bits per heavy atom. The number of para-hydroxylation sites is 1. The summed E-state index contributed by atoms with van der Waals surface area (Å²) in [5, 5.41) is 35.6. The van der Waals surface area contributed by atoms with Crippen molar-refractivity contribution < 1.29 is 34.8 Å². The molecule has 39 heavy (non-hydrogen) atoms. The van der Waals surface area contributed by atoms with E-state index in [9.17, 15) is 14.4 Å². The molecule has 3 atom stereocenters. The number of hydrogen-bond donors (Lipinski definition) is 9. The summed E-state index contributed by atoms with van der Waals surface area (Å²) >= 11 is 0. The minimum Gasteiger partial charge on any atom is -0.508 e. The second-order valence-corrected chi connectivity index (χ2v) is 8.53. The lowest BCUT2D eigenvalue weighted by Crippen LogP contribution is -2.32. The van der Waals surface area contributed by atoms with Gasteiger partial charge in [-0.3, -0.25) is 14.4 Å². The van der Waals surface area contributed by atoms with Crippen molar-refractivity contribution in [2.24, 2.45) is 17.2 Å². The summed E-state index contributed by atoms with van der Waals surface area (Å²) in [6, 6.07) is 11.5. The zero-order chi connectivity index (χ0) is 28.9. The third kappa shape index (κ3) is 10.3. The average Bonchev–Trinajstić information content (AvgIpc) is 3.56. The number of nitrogens with zero attached hydrogens (tertiary/aromatic N) is 1. The van der Waals surface area contributed by atoms with Gasteiger partial charge < -0.3 is 47.6 Å². The molecule has 0 aliphatic heterocycles. The molecule has 2 heterocycles. The van der Waals surface area contributed by atoms with Crippen LogP contribution < -0.4 is 17.2 Å². The van der Waals surface area contributed by atoms with Crippen LogP contribution in [0.5, 0.6) is 5.75 Å². The molecule has 2 aromatic heterocycles. The van der Waals surface area contributed by atoms with Crippen LogP contribution in [0.2, 0.25) is 0 Å². The maximum absolute atomic E-state index is 10.6. The Bertz CT molecular complexity index is 1340. The largest absolute Gasteiger partial charge is 0.508 e. The molecule has 0 bridgehead atoms. The molecule has 0 aliphatic carbocycles. The van der Waals surface area contributed by atoms with Crippen LogP contribution in [-0.2, 0) is 33.6 Å². The molecule has 208 valence electrons. The third-order valence-electron chi connectivity index (χ3n) is 5.44. The number of H-pyrrole nitrogens is 2. The van der Waals surface area contributed by atoms with Crippen LogP contribution in [0.1, 0.15) is 16.8 Å². The SMILES string of the molecule is N[C@@H](Cc1c[nH]c2ccccc12)C(=O)O.N[C@@H](Cc1c[nH]cn1)C(=O)O.N[C@@H](Cc1ccc(O)cc1)C(=O)O. The molecule has 0 amide bonds. The molecule has 0 saturated carbocycles. The predicted octanol–water partition coefficient (Wildman–Crippen LogP) is 0.833. The zero-order valence-corrected chi connectivity index (χ0v) is 20.9. The molecule has 2 aromatic carbocycles. The van der Waals surface area contributed by atoms with Gasteiger partial charge in [0.2, 0.25) is 0 Å². The van der Waals surface area contributed by atoms with E-state index in [1.807, 2.05) is 30.5 Å². The van der Waals surface area contributed by atoms with Gasteiger partial charge in [0.15, 0.2) is 0 Å². The highest BCUT2D eigenvalue weighted by Gasteiger charge is 2.15. The molecule has 13 heteroatoms. The van der Waals surface area contributed by atoms with Gasteiger partial charge in [-0.2, -0.15) is 0 Å². The number of imidazole rings is 1. The fraction of sp³-hybridized carbons (Fsp3) is 0.231. The Morgan fingerprint density at radius 2 is 1.33 bits per heavy atom. The highest BCUT2D eigenvalue weighted by atomic mass is 16.4. The van der Waals surface area contributed by atoms with Gasteiger partial charge in [-0.25, -0.2) is 4.98 Å². The summed E-state index contributed by atoms with van der Waals surface area (Å²) < 4.78 is 0. The highest BCUT2D eigenvalue weighted by Crippen LogP contribution is 2.18. The predicted molar refractivity (Wildman–Crippen MR) is 143 cm³/mol. The lowest BCUT2D eigenvalue weighted by molar-refractivity contribution is -0.139. The topological polar surface area (TPSA) is 255 Å². The van der Waals surface area contributed by atoms with Gasteiger partial charge in [0.1, 0.15) is 23.9 Å². The Morgan fingerprint density at radius 1 is 0.769 bits per heavy atom. The van der Waals surface area contributed by atoms with Gasteiger partial charge in [-0.05, 0) is 35.7 Å². The zero-order valence-electron chi connectivity index (χ0n) is 20.9. The van der Waals surface area contributed by atoms with Gasteiger partial charge in [0.25, 0.3) is 0 Å². The second kappa shape index (κ2) is 14.9. The number of aromatic amines is 2. The molecule has 0 fully saturated rings. The molecule has 0 unspecified atom stereocenters. The molecule has 0 saturated heterocycles. The second-order valence-electron chi connectivity index (χ2n) is 8.53. The van der Waals surface area contributed by atoms with E-state index in [2.05, 4.69) is 15.0 Å². The molecule has 0 spiro atoms. The maximum atomic E-state index is 10.6. The number of aromatic nitrogens is 3. The number of carboxylic acids is 3. The van der Waals surface area contributed by atoms with Crippen molar-refractivity contribution in [3.05, 3.63) is 84.1 Å². The Balaban J connectivity index is 0.000000208. The van der Waals surface area contributed by atoms with Crippen molar-refractivity contribution in [2.45, 2.75) is 37.4 Å². The third-order valence-corrected chi connectivity index (χ3v) is 5.44. The molecule has 0 radical (unpaired) electrons. The van der Waals surface area contributed by atoms with E-state index in [1.54, 1.807) is 18.3 Å². The number of phenolic OH excluding ortho intramolecular Hbond substituents is 1. The van der Waals surface area contributed by atoms with E-state index in [-0.39, 0.29) is 18.6 Å². The normalized spacial score (nSPS) is 12.7. The number of hydrogen-bond acceptors (Lipinski definition) is 8. The van der Waals surface area contributed by atoms with Crippen LogP contribution in [-0.4, -0.2) is 71.4 Å². The number of phenols is 1. The first kappa shape index (κ1) is 30.5. The van der Waals surface area contributed by atoms with Crippen molar-refractivity contribution in [2.75, 3.05) is 0 Å². The van der Waals surface area contributed by atoms with E-state index in [1.165, 1.54) is 18.5 Å². The number of benzene rings is 2. The number of nitrogens with one attached hydrogen (secondary N) is 2. The Kier molecular flexibility index (Phi) is 11.6. The van der Waals surface area contributed by atoms with Gasteiger partial charge in [0.05, 0.1) is 12.0 Å². The van der Waals surface area contributed by atoms with E-state index >= 15 is 0 Å². The van der Waals surface area contributed by atoms with Crippen molar-refractivity contribution >= 4 is 28.8 Å². The van der Waals surface area contributed by atoms with Crippen LogP contribution in [0.4, 0.5) is 0 Å². The molecular formula is C26H32N6O7. The first-order chi connectivity index (χ1) is 18.5. The van der Waals surface area contributed by atoms with Crippen LogP contribution in [0, 0.1) is 0 Å². The molecule has 12 N–H and O–H groups in total. The van der Waals surface area contributed by atoms with Crippen molar-refractivity contribution in [1.29, 1.82) is 0 Å². The minimum atomic E-state index is -1.02. The summed E-state index contributed by atoms with van der Waals surface area (Å²) in [5.41, 5.74) is 19.5. The Labute approximate surface area is 223 Å². The van der Waals surface area contributed by atoms with Gasteiger partial charge >= 0.3 is 17.9 Å². The number of carboxylic acid groups (broad SMARTS) is 3. The first-order valence-electron chi connectivity index (χ1n) is 11.7. The smallest absolute Gasteiger partial charge is 0.320 e. The van der Waals surface area contributed by atoms with Gasteiger partial charge in [0, 0.05) is 36.1 Å². The Hall–Kier alpha value is -4.72. The standard InChI is InChI=1S/C11H12N2O2.C9H11NO3.C6H9N3O2/c12-9(11(14)15)5-7-6-13-10-4-2-1-3-8(7)10;10-8(9(12)13)5-6-1-3-7(11)4-2-6;7-5(6(10)11)1-4-2-8-3-9-4/h1-4,6,9,13H,5,12H2,(H,14,15);1-4,8,11H,5,10H2,(H,12,13);2-3,5H,1,7H2,(H,8,9)(H,10,11)/t9-;8-;5-/m000/s1. The molecule has 4 rings (SSSR count). The minimum absolute atomic E-state index is 0.160. The maximum Gasteiger partial charge on any atom is 0.320 e. The van der Waals surface area contributed by atoms with Crippen LogP contribution >= 0.6 is 0 Å². The van der Waals surface area contributed by atoms with Gasteiger partial charge in [-0.15, -0.1) is 0 Å². The molecule has 13 nitrogen and oxygen atoms in total. The number of aromatic hydroxyl groups is 1. The number of aliphatic carboxylic acids is 3. The number of nitrogens with two attached hydrogens (primary N) is 3. The van der Waals surface area contributed by atoms with Crippen LogP contribution in [0.25, 0.3) is 10.9 Å². The lowest BCUT2D eigenvalue weighted by atomic mass is 10.1. The van der Waals surface area contributed by atoms with Crippen molar-refractivity contribution in [3.63, 3.8) is 0 Å². The number of fused-ring (bicyclic) bond motifs is 1. The summed E-state index contributed by atoms with van der Waals surface area (Å²) in [6.45, 7) is 0. The van der Waals surface area contributed by atoms with E-state index in [4.69, 9.17) is 37.6 Å². The van der Waals surface area contributed by atoms with E-state index in [0.717, 1.165) is 22.0 Å². The van der Waals surface area contributed by atoms with Crippen molar-refractivity contribution in [1.82, 2.24) is 15.0 Å².